The zero-order valence-electron chi connectivity index (χ0n) is 14.1. The standard InChI is InChI=1S/C19H22N4O2/c20-10-16-3-1-4-18(21-16)22-17-9-19(25-13-17)6-2-7-23(14-19)11-15-5-8-24-12-15/h1,3-5,8,12,17H,2,6-7,9,11,13-14H2,(H,21,22)/t17-,19-/m0/s1. The highest BCUT2D eigenvalue weighted by molar-refractivity contribution is 5.39. The number of nitrogens with zero attached hydrogens (tertiary/aromatic N) is 3. The monoisotopic (exact) mass is 338 g/mol. The van der Waals surface area contributed by atoms with Gasteiger partial charge in [-0.3, -0.25) is 4.90 Å². The first-order valence-corrected chi connectivity index (χ1v) is 8.76. The molecule has 2 aromatic rings. The third kappa shape index (κ3) is 3.68. The summed E-state index contributed by atoms with van der Waals surface area (Å²) in [5.41, 5.74) is 1.57. The van der Waals surface area contributed by atoms with Gasteiger partial charge in [0, 0.05) is 25.1 Å². The quantitative estimate of drug-likeness (QED) is 0.924. The van der Waals surface area contributed by atoms with Crippen molar-refractivity contribution < 1.29 is 9.15 Å². The minimum absolute atomic E-state index is 0.0769. The molecule has 2 fully saturated rings. The van der Waals surface area contributed by atoms with Crippen LogP contribution in [0.1, 0.15) is 30.5 Å². The molecule has 0 aromatic carbocycles. The number of ether oxygens (including phenoxy) is 1. The van der Waals surface area contributed by atoms with Gasteiger partial charge < -0.3 is 14.5 Å². The third-order valence-electron chi connectivity index (χ3n) is 5.03. The average molecular weight is 338 g/mol. The molecule has 0 saturated carbocycles. The lowest BCUT2D eigenvalue weighted by Crippen LogP contribution is -2.47. The second-order valence-electron chi connectivity index (χ2n) is 7.01. The number of nitrogens with one attached hydrogen (secondary N) is 1. The van der Waals surface area contributed by atoms with Gasteiger partial charge in [-0.25, -0.2) is 4.98 Å². The fourth-order valence-electron chi connectivity index (χ4n) is 3.97. The Bertz CT molecular complexity index is 755. The third-order valence-corrected chi connectivity index (χ3v) is 5.03. The van der Waals surface area contributed by atoms with Crippen LogP contribution >= 0.6 is 0 Å². The number of nitriles is 1. The van der Waals surface area contributed by atoms with E-state index in [0.717, 1.165) is 44.7 Å². The lowest BCUT2D eigenvalue weighted by Gasteiger charge is -2.39. The zero-order valence-corrected chi connectivity index (χ0v) is 14.1. The Morgan fingerprint density at radius 1 is 1.40 bits per heavy atom. The summed E-state index contributed by atoms with van der Waals surface area (Å²) in [6, 6.07) is 9.80. The number of anilines is 1. The van der Waals surface area contributed by atoms with Gasteiger partial charge in [0.2, 0.25) is 0 Å². The molecular formula is C19H22N4O2. The van der Waals surface area contributed by atoms with Crippen molar-refractivity contribution >= 4 is 5.82 Å². The van der Waals surface area contributed by atoms with Gasteiger partial charge in [0.05, 0.1) is 30.8 Å². The second-order valence-corrected chi connectivity index (χ2v) is 7.01. The van der Waals surface area contributed by atoms with Gasteiger partial charge in [0.15, 0.2) is 0 Å². The van der Waals surface area contributed by atoms with Gasteiger partial charge in [-0.1, -0.05) is 6.07 Å². The summed E-state index contributed by atoms with van der Waals surface area (Å²) in [6.45, 7) is 3.63. The molecule has 0 aliphatic carbocycles. The molecule has 4 heterocycles. The summed E-state index contributed by atoms with van der Waals surface area (Å²) in [4.78, 5) is 6.75. The Labute approximate surface area is 147 Å². The minimum Gasteiger partial charge on any atom is -0.472 e. The van der Waals surface area contributed by atoms with Gasteiger partial charge in [-0.2, -0.15) is 5.26 Å². The summed E-state index contributed by atoms with van der Waals surface area (Å²) >= 11 is 0. The summed E-state index contributed by atoms with van der Waals surface area (Å²) in [5.74, 6) is 0.746. The molecule has 6 nitrogen and oxygen atoms in total. The predicted molar refractivity (Wildman–Crippen MR) is 92.9 cm³/mol. The van der Waals surface area contributed by atoms with E-state index in [1.165, 1.54) is 5.56 Å². The lowest BCUT2D eigenvalue weighted by atomic mass is 9.88. The maximum Gasteiger partial charge on any atom is 0.142 e. The van der Waals surface area contributed by atoms with Crippen molar-refractivity contribution in [2.75, 3.05) is 25.0 Å². The van der Waals surface area contributed by atoms with Crippen molar-refractivity contribution in [3.8, 4) is 6.07 Å². The van der Waals surface area contributed by atoms with Crippen molar-refractivity contribution in [2.45, 2.75) is 37.5 Å². The molecule has 2 atom stereocenters. The minimum atomic E-state index is -0.0769. The smallest absolute Gasteiger partial charge is 0.142 e. The van der Waals surface area contributed by atoms with E-state index in [2.05, 4.69) is 21.3 Å². The number of piperidine rings is 1. The van der Waals surface area contributed by atoms with Crippen LogP contribution in [0.5, 0.6) is 0 Å². The number of furan rings is 1. The van der Waals surface area contributed by atoms with Crippen LogP contribution in [0.25, 0.3) is 0 Å². The van der Waals surface area contributed by atoms with Gasteiger partial charge >= 0.3 is 0 Å². The van der Waals surface area contributed by atoms with Crippen LogP contribution in [-0.2, 0) is 11.3 Å². The van der Waals surface area contributed by atoms with Gasteiger partial charge in [-0.05, 0) is 37.6 Å². The van der Waals surface area contributed by atoms with Crippen LogP contribution in [0.3, 0.4) is 0 Å². The summed E-state index contributed by atoms with van der Waals surface area (Å²) in [5, 5.41) is 12.4. The van der Waals surface area contributed by atoms with E-state index >= 15 is 0 Å². The summed E-state index contributed by atoms with van der Waals surface area (Å²) in [6.07, 6.45) is 6.75. The number of hydrogen-bond acceptors (Lipinski definition) is 6. The van der Waals surface area contributed by atoms with E-state index in [1.54, 1.807) is 12.3 Å². The first-order valence-electron chi connectivity index (χ1n) is 8.76. The van der Waals surface area contributed by atoms with Crippen molar-refractivity contribution in [1.29, 1.82) is 5.26 Å². The van der Waals surface area contributed by atoms with Crippen LogP contribution < -0.4 is 5.32 Å². The van der Waals surface area contributed by atoms with Crippen molar-refractivity contribution in [2.24, 2.45) is 0 Å². The van der Waals surface area contributed by atoms with Crippen molar-refractivity contribution in [3.63, 3.8) is 0 Å². The number of likely N-dealkylation sites (tertiary alicyclic amines) is 1. The molecule has 2 aliphatic rings. The number of hydrogen-bond donors (Lipinski definition) is 1. The molecule has 2 aromatic heterocycles. The Morgan fingerprint density at radius 2 is 2.36 bits per heavy atom. The number of aromatic nitrogens is 1. The number of rotatable bonds is 4. The second kappa shape index (κ2) is 6.87. The molecule has 1 N–H and O–H groups in total. The number of pyridine rings is 1. The molecule has 0 radical (unpaired) electrons. The topological polar surface area (TPSA) is 74.3 Å². The molecule has 130 valence electrons. The van der Waals surface area contributed by atoms with E-state index in [0.29, 0.717) is 12.3 Å². The molecule has 0 amide bonds. The highest BCUT2D eigenvalue weighted by Gasteiger charge is 2.43. The Hall–Kier alpha value is -2.36. The van der Waals surface area contributed by atoms with Crippen LogP contribution in [0.2, 0.25) is 0 Å². The molecule has 0 bridgehead atoms. The van der Waals surface area contributed by atoms with Crippen LogP contribution in [-0.4, -0.2) is 41.2 Å². The Morgan fingerprint density at radius 3 is 3.20 bits per heavy atom. The van der Waals surface area contributed by atoms with E-state index in [1.807, 2.05) is 24.5 Å². The molecule has 1 spiro atoms. The highest BCUT2D eigenvalue weighted by atomic mass is 16.5. The highest BCUT2D eigenvalue weighted by Crippen LogP contribution is 2.36. The molecule has 6 heteroatoms. The van der Waals surface area contributed by atoms with Gasteiger partial charge in [0.25, 0.3) is 0 Å². The van der Waals surface area contributed by atoms with E-state index in [4.69, 9.17) is 14.4 Å². The molecule has 4 rings (SSSR count). The molecular weight excluding hydrogens is 316 g/mol. The van der Waals surface area contributed by atoms with Gasteiger partial charge in [-0.15, -0.1) is 0 Å². The molecule has 0 unspecified atom stereocenters. The average Bonchev–Trinajstić information content (AvgIpc) is 3.26. The van der Waals surface area contributed by atoms with Gasteiger partial charge in [0.1, 0.15) is 17.6 Å². The van der Waals surface area contributed by atoms with Crippen LogP contribution in [0.4, 0.5) is 5.82 Å². The first-order chi connectivity index (χ1) is 12.2. The molecule has 2 aliphatic heterocycles. The van der Waals surface area contributed by atoms with Crippen LogP contribution in [0, 0.1) is 11.3 Å². The Kier molecular flexibility index (Phi) is 4.43. The largest absolute Gasteiger partial charge is 0.472 e. The summed E-state index contributed by atoms with van der Waals surface area (Å²) < 4.78 is 11.4. The normalized spacial score (nSPS) is 26.6. The van der Waals surface area contributed by atoms with Crippen molar-refractivity contribution in [3.05, 3.63) is 48.0 Å². The first kappa shape index (κ1) is 16.1. The summed E-state index contributed by atoms with van der Waals surface area (Å²) in [7, 11) is 0. The Balaban J connectivity index is 1.38. The van der Waals surface area contributed by atoms with E-state index < -0.39 is 0 Å². The SMILES string of the molecule is N#Cc1cccc(N[C@@H]2CO[C@@]3(CCCN(Cc4ccoc4)C3)C2)n1. The van der Waals surface area contributed by atoms with E-state index in [9.17, 15) is 0 Å². The molecule has 2 saturated heterocycles. The van der Waals surface area contributed by atoms with Crippen molar-refractivity contribution in [1.82, 2.24) is 9.88 Å². The maximum absolute atomic E-state index is 8.98. The molecule has 25 heavy (non-hydrogen) atoms. The fourth-order valence-corrected chi connectivity index (χ4v) is 3.97. The van der Waals surface area contributed by atoms with E-state index in [-0.39, 0.29) is 11.6 Å². The lowest BCUT2D eigenvalue weighted by molar-refractivity contribution is -0.0533. The zero-order chi connectivity index (χ0) is 17.1. The fraction of sp³-hybridized carbons (Fsp3) is 0.474. The van der Waals surface area contributed by atoms with Crippen LogP contribution in [0.15, 0.2) is 41.2 Å². The predicted octanol–water partition coefficient (Wildman–Crippen LogP) is 2.78. The maximum atomic E-state index is 8.98.